The van der Waals surface area contributed by atoms with Crippen LogP contribution in [0.3, 0.4) is 0 Å². The topological polar surface area (TPSA) is 42.2 Å². The zero-order valence-corrected chi connectivity index (χ0v) is 7.51. The maximum atomic E-state index is 12.7. The van der Waals surface area contributed by atoms with Gasteiger partial charge in [-0.25, -0.2) is 4.98 Å². The summed E-state index contributed by atoms with van der Waals surface area (Å²) in [5, 5.41) is 6.73. The molecule has 0 bridgehead atoms. The average molecular weight is 201 g/mol. The van der Waals surface area contributed by atoms with Crippen LogP contribution < -0.4 is 5.32 Å². The first-order valence-corrected chi connectivity index (χ1v) is 3.98. The van der Waals surface area contributed by atoms with Crippen molar-refractivity contribution in [2.24, 2.45) is 0 Å². The van der Waals surface area contributed by atoms with E-state index in [4.69, 9.17) is 11.6 Å². The van der Waals surface area contributed by atoms with Gasteiger partial charge < -0.3 is 5.32 Å². The monoisotopic (exact) mass is 200 g/mol. The van der Waals surface area contributed by atoms with Crippen molar-refractivity contribution in [3.8, 4) is 0 Å². The molecule has 0 aliphatic heterocycles. The van der Waals surface area contributed by atoms with Gasteiger partial charge in [-0.05, 0) is 0 Å². The first-order valence-electron chi connectivity index (χ1n) is 3.60. The number of nitrogens with one attached hydrogen (secondary N) is 1. The fourth-order valence-electron chi connectivity index (χ4n) is 1.09. The Morgan fingerprint density at radius 3 is 3.00 bits per heavy atom. The third kappa shape index (κ3) is 1.31. The van der Waals surface area contributed by atoms with Crippen molar-refractivity contribution in [2.75, 3.05) is 12.4 Å². The zero-order chi connectivity index (χ0) is 9.42. The molecule has 0 radical (unpaired) electrons. The number of rotatable bonds is 1. The highest BCUT2D eigenvalue weighted by Gasteiger charge is 2.06. The Labute approximate surface area is 78.3 Å². The van der Waals surface area contributed by atoms with Gasteiger partial charge in [-0.2, -0.15) is 8.91 Å². The highest BCUT2D eigenvalue weighted by molar-refractivity contribution is 6.29. The largest absolute Gasteiger partial charge is 0.373 e. The number of nitrogens with zero attached hydrogens (tertiary/aromatic N) is 3. The van der Waals surface area contributed by atoms with Crippen LogP contribution in [0.1, 0.15) is 0 Å². The van der Waals surface area contributed by atoms with E-state index in [1.54, 1.807) is 13.1 Å². The van der Waals surface area contributed by atoms with E-state index in [0.29, 0.717) is 16.6 Å². The Balaban J connectivity index is 2.80. The fraction of sp³-hybridized carbons (Fsp3) is 0.143. The Kier molecular flexibility index (Phi) is 1.81. The first kappa shape index (κ1) is 8.25. The van der Waals surface area contributed by atoms with Crippen LogP contribution in [-0.4, -0.2) is 21.6 Å². The molecule has 0 amide bonds. The van der Waals surface area contributed by atoms with Crippen LogP contribution in [0.4, 0.5) is 10.2 Å². The number of fused-ring (bicyclic) bond motifs is 1. The maximum absolute atomic E-state index is 12.7. The van der Waals surface area contributed by atoms with Gasteiger partial charge in [0.1, 0.15) is 11.0 Å². The van der Waals surface area contributed by atoms with Gasteiger partial charge in [0.05, 0.1) is 0 Å². The summed E-state index contributed by atoms with van der Waals surface area (Å²) in [7, 11) is 1.70. The van der Waals surface area contributed by atoms with Crippen molar-refractivity contribution < 1.29 is 4.39 Å². The van der Waals surface area contributed by atoms with E-state index < -0.39 is 5.95 Å². The van der Waals surface area contributed by atoms with Crippen molar-refractivity contribution in [3.05, 3.63) is 23.2 Å². The second-order valence-corrected chi connectivity index (χ2v) is 2.84. The molecule has 0 aliphatic rings. The average Bonchev–Trinajstić information content (AvgIpc) is 2.43. The lowest BCUT2D eigenvalue weighted by molar-refractivity contribution is 0.572. The summed E-state index contributed by atoms with van der Waals surface area (Å²) in [6.45, 7) is 0. The van der Waals surface area contributed by atoms with Gasteiger partial charge in [-0.1, -0.05) is 11.6 Å². The predicted octanol–water partition coefficient (Wildman–Crippen LogP) is 1.56. The molecule has 0 fully saturated rings. The molecule has 0 atom stereocenters. The Bertz CT molecular complexity index is 453. The lowest BCUT2D eigenvalue weighted by atomic mass is 10.5. The SMILES string of the molecule is CNc1cc(Cl)nc2cc(F)nn12. The molecule has 0 aromatic carbocycles. The van der Waals surface area contributed by atoms with Crippen LogP contribution in [0.5, 0.6) is 0 Å². The lowest BCUT2D eigenvalue weighted by Crippen LogP contribution is -2.00. The van der Waals surface area contributed by atoms with E-state index in [9.17, 15) is 4.39 Å². The van der Waals surface area contributed by atoms with Crippen LogP contribution >= 0.6 is 11.6 Å². The molecular weight excluding hydrogens is 195 g/mol. The van der Waals surface area contributed by atoms with E-state index in [1.165, 1.54) is 10.6 Å². The van der Waals surface area contributed by atoms with Crippen molar-refractivity contribution in [1.29, 1.82) is 0 Å². The predicted molar refractivity (Wildman–Crippen MR) is 47.5 cm³/mol. The highest BCUT2D eigenvalue weighted by Crippen LogP contribution is 2.15. The summed E-state index contributed by atoms with van der Waals surface area (Å²) in [4.78, 5) is 3.89. The Morgan fingerprint density at radius 1 is 1.54 bits per heavy atom. The van der Waals surface area contributed by atoms with Gasteiger partial charge in [0.25, 0.3) is 0 Å². The normalized spacial score (nSPS) is 10.7. The minimum Gasteiger partial charge on any atom is -0.373 e. The lowest BCUT2D eigenvalue weighted by Gasteiger charge is -2.02. The van der Waals surface area contributed by atoms with Crippen LogP contribution in [-0.2, 0) is 0 Å². The third-order valence-corrected chi connectivity index (χ3v) is 1.82. The summed E-state index contributed by atoms with van der Waals surface area (Å²) >= 11 is 5.70. The van der Waals surface area contributed by atoms with Crippen LogP contribution in [0, 0.1) is 5.95 Å². The third-order valence-electron chi connectivity index (χ3n) is 1.62. The molecule has 0 saturated heterocycles. The zero-order valence-electron chi connectivity index (χ0n) is 6.75. The molecule has 6 heteroatoms. The van der Waals surface area contributed by atoms with Gasteiger partial charge >= 0.3 is 0 Å². The molecule has 13 heavy (non-hydrogen) atoms. The second-order valence-electron chi connectivity index (χ2n) is 2.45. The molecule has 0 spiro atoms. The van der Waals surface area contributed by atoms with Crippen LogP contribution in [0.15, 0.2) is 12.1 Å². The van der Waals surface area contributed by atoms with E-state index in [2.05, 4.69) is 15.4 Å². The molecule has 1 N–H and O–H groups in total. The summed E-state index contributed by atoms with van der Waals surface area (Å²) < 4.78 is 14.1. The number of hydrogen-bond donors (Lipinski definition) is 1. The summed E-state index contributed by atoms with van der Waals surface area (Å²) in [6, 6.07) is 2.79. The highest BCUT2D eigenvalue weighted by atomic mass is 35.5. The molecule has 68 valence electrons. The van der Waals surface area contributed by atoms with Gasteiger partial charge in [-0.15, -0.1) is 5.10 Å². The molecule has 0 unspecified atom stereocenters. The van der Waals surface area contributed by atoms with Gasteiger partial charge in [-0.3, -0.25) is 0 Å². The second kappa shape index (κ2) is 2.85. The molecule has 2 heterocycles. The van der Waals surface area contributed by atoms with Crippen LogP contribution in [0.25, 0.3) is 5.65 Å². The molecule has 2 aromatic rings. The standard InChI is InChI=1S/C7H6ClFN4/c1-10-6-2-4(8)11-7-3-5(9)12-13(6)7/h2-3,10H,1H3. The van der Waals surface area contributed by atoms with Crippen molar-refractivity contribution >= 4 is 23.1 Å². The summed E-state index contributed by atoms with van der Waals surface area (Å²) in [5.74, 6) is 0.0187. The van der Waals surface area contributed by atoms with Crippen molar-refractivity contribution in [2.45, 2.75) is 0 Å². The summed E-state index contributed by atoms with van der Waals surface area (Å²) in [6.07, 6.45) is 0. The minimum absolute atomic E-state index is 0.303. The van der Waals surface area contributed by atoms with E-state index in [-0.39, 0.29) is 0 Å². The van der Waals surface area contributed by atoms with Crippen molar-refractivity contribution in [1.82, 2.24) is 14.6 Å². The van der Waals surface area contributed by atoms with Gasteiger partial charge in [0.15, 0.2) is 5.65 Å². The van der Waals surface area contributed by atoms with Crippen LogP contribution in [0.2, 0.25) is 5.15 Å². The molecule has 0 aliphatic carbocycles. The van der Waals surface area contributed by atoms with Gasteiger partial charge in [0.2, 0.25) is 5.95 Å². The first-order chi connectivity index (χ1) is 6.20. The molecule has 4 nitrogen and oxygen atoms in total. The number of aromatic nitrogens is 3. The smallest absolute Gasteiger partial charge is 0.235 e. The van der Waals surface area contributed by atoms with E-state index >= 15 is 0 Å². The summed E-state index contributed by atoms with van der Waals surface area (Å²) in [5.41, 5.74) is 0.384. The molecule has 0 saturated carbocycles. The fourth-order valence-corrected chi connectivity index (χ4v) is 1.28. The van der Waals surface area contributed by atoms with Gasteiger partial charge in [0, 0.05) is 19.2 Å². The number of hydrogen-bond acceptors (Lipinski definition) is 3. The van der Waals surface area contributed by atoms with E-state index in [1.807, 2.05) is 0 Å². The quantitative estimate of drug-likeness (QED) is 0.711. The molecule has 2 aromatic heterocycles. The maximum Gasteiger partial charge on any atom is 0.235 e. The minimum atomic E-state index is -0.578. The van der Waals surface area contributed by atoms with E-state index in [0.717, 1.165) is 0 Å². The Hall–Kier alpha value is -1.36. The number of halogens is 2. The molecule has 2 rings (SSSR count). The van der Waals surface area contributed by atoms with Crippen molar-refractivity contribution in [3.63, 3.8) is 0 Å². The number of anilines is 1. The Morgan fingerprint density at radius 2 is 2.31 bits per heavy atom. The molecular formula is C7H6ClFN4.